The molecule has 0 aliphatic heterocycles. The van der Waals surface area contributed by atoms with Crippen LogP contribution in [0.1, 0.15) is 11.4 Å². The van der Waals surface area contributed by atoms with E-state index in [1.54, 1.807) is 12.1 Å². The van der Waals surface area contributed by atoms with Crippen LogP contribution in [0.3, 0.4) is 0 Å². The highest BCUT2D eigenvalue weighted by Gasteiger charge is 2.37. The van der Waals surface area contributed by atoms with Crippen molar-refractivity contribution in [3.05, 3.63) is 45.8 Å². The molecule has 0 saturated heterocycles. The highest BCUT2D eigenvalue weighted by atomic mass is 32.2. The minimum Gasteiger partial charge on any atom is -0.302 e. The van der Waals surface area contributed by atoms with Crippen LogP contribution >= 0.6 is 11.8 Å². The summed E-state index contributed by atoms with van der Waals surface area (Å²) < 4.78 is 38.5. The molecule has 0 fully saturated rings. The molecule has 0 amide bonds. The van der Waals surface area contributed by atoms with E-state index in [4.69, 9.17) is 0 Å². The van der Waals surface area contributed by atoms with Crippen LogP contribution in [-0.4, -0.2) is 19.7 Å². The second-order valence-corrected chi connectivity index (χ2v) is 5.02. The van der Waals surface area contributed by atoms with Gasteiger partial charge in [-0.15, -0.1) is 10.2 Å². The summed E-state index contributed by atoms with van der Waals surface area (Å²) in [6.45, 7) is 0. The number of aromatic nitrogens is 3. The average molecular weight is 318 g/mol. The average Bonchev–Trinajstić information content (AvgIpc) is 2.78. The van der Waals surface area contributed by atoms with Crippen molar-refractivity contribution in [3.8, 4) is 0 Å². The molecule has 0 N–H and O–H groups in total. The van der Waals surface area contributed by atoms with E-state index in [0.29, 0.717) is 5.75 Å². The minimum absolute atomic E-state index is 0.0400. The normalized spacial score (nSPS) is 11.6. The Balaban J connectivity index is 2.07. The Labute approximate surface area is 121 Å². The van der Waals surface area contributed by atoms with Gasteiger partial charge in [0.05, 0.1) is 4.92 Å². The van der Waals surface area contributed by atoms with Crippen LogP contribution in [0.25, 0.3) is 0 Å². The molecule has 2 aromatic rings. The molecule has 0 spiro atoms. The first-order chi connectivity index (χ1) is 9.79. The zero-order chi connectivity index (χ0) is 15.6. The lowest BCUT2D eigenvalue weighted by Crippen LogP contribution is -2.12. The first-order valence-corrected chi connectivity index (χ1v) is 6.60. The van der Waals surface area contributed by atoms with Crippen LogP contribution in [0.15, 0.2) is 29.4 Å². The lowest BCUT2D eigenvalue weighted by molar-refractivity contribution is -0.384. The van der Waals surface area contributed by atoms with Crippen LogP contribution in [0.5, 0.6) is 0 Å². The number of thioether (sulfide) groups is 1. The van der Waals surface area contributed by atoms with Gasteiger partial charge in [0, 0.05) is 24.9 Å². The molecule has 10 heteroatoms. The fourth-order valence-electron chi connectivity index (χ4n) is 1.55. The molecule has 0 saturated carbocycles. The summed E-state index contributed by atoms with van der Waals surface area (Å²) in [6.07, 6.45) is -4.55. The van der Waals surface area contributed by atoms with Crippen molar-refractivity contribution < 1.29 is 18.1 Å². The van der Waals surface area contributed by atoms with Gasteiger partial charge in [-0.2, -0.15) is 13.2 Å². The number of non-ortho nitro benzene ring substituents is 1. The maximum absolute atomic E-state index is 12.5. The Bertz CT molecular complexity index is 654. The third kappa shape index (κ3) is 3.51. The van der Waals surface area contributed by atoms with Crippen molar-refractivity contribution in [2.24, 2.45) is 7.05 Å². The minimum atomic E-state index is -4.55. The Morgan fingerprint density at radius 2 is 1.90 bits per heavy atom. The van der Waals surface area contributed by atoms with Gasteiger partial charge in [-0.05, 0) is 5.56 Å². The van der Waals surface area contributed by atoms with Gasteiger partial charge in [-0.25, -0.2) is 0 Å². The molecule has 21 heavy (non-hydrogen) atoms. The van der Waals surface area contributed by atoms with Crippen LogP contribution in [0, 0.1) is 10.1 Å². The van der Waals surface area contributed by atoms with Crippen molar-refractivity contribution in [2.75, 3.05) is 0 Å². The number of hydrogen-bond acceptors (Lipinski definition) is 5. The van der Waals surface area contributed by atoms with Crippen molar-refractivity contribution in [2.45, 2.75) is 17.1 Å². The van der Waals surface area contributed by atoms with Gasteiger partial charge in [0.2, 0.25) is 5.82 Å². The molecular formula is C11H9F3N4O2S. The molecule has 2 rings (SSSR count). The number of benzene rings is 1. The van der Waals surface area contributed by atoms with Gasteiger partial charge in [0.25, 0.3) is 5.69 Å². The number of alkyl halides is 3. The largest absolute Gasteiger partial charge is 0.451 e. The predicted octanol–water partition coefficient (Wildman–Crippen LogP) is 3.03. The van der Waals surface area contributed by atoms with E-state index in [2.05, 4.69) is 10.2 Å². The zero-order valence-corrected chi connectivity index (χ0v) is 11.5. The zero-order valence-electron chi connectivity index (χ0n) is 10.7. The molecule has 0 unspecified atom stereocenters. The van der Waals surface area contributed by atoms with Crippen LogP contribution < -0.4 is 0 Å². The van der Waals surface area contributed by atoms with Gasteiger partial charge >= 0.3 is 6.18 Å². The summed E-state index contributed by atoms with van der Waals surface area (Å²) in [4.78, 5) is 9.99. The maximum Gasteiger partial charge on any atom is 0.451 e. The predicted molar refractivity (Wildman–Crippen MR) is 68.7 cm³/mol. The summed E-state index contributed by atoms with van der Waals surface area (Å²) in [5.41, 5.74) is 0.698. The maximum atomic E-state index is 12.5. The van der Waals surface area contributed by atoms with E-state index in [-0.39, 0.29) is 10.8 Å². The summed E-state index contributed by atoms with van der Waals surface area (Å²) in [6, 6.07) is 5.78. The number of halogens is 3. The second-order valence-electron chi connectivity index (χ2n) is 4.08. The molecule has 1 aromatic carbocycles. The highest BCUT2D eigenvalue weighted by Crippen LogP contribution is 2.30. The monoisotopic (exact) mass is 318 g/mol. The van der Waals surface area contributed by atoms with Crippen molar-refractivity contribution in [1.82, 2.24) is 14.8 Å². The summed E-state index contributed by atoms with van der Waals surface area (Å²) in [5, 5.41) is 17.2. The Morgan fingerprint density at radius 3 is 2.38 bits per heavy atom. The van der Waals surface area contributed by atoms with E-state index in [1.165, 1.54) is 19.2 Å². The van der Waals surface area contributed by atoms with Crippen LogP contribution in [0.2, 0.25) is 0 Å². The number of nitro groups is 1. The molecule has 0 bridgehead atoms. The third-order valence-electron chi connectivity index (χ3n) is 2.60. The van der Waals surface area contributed by atoms with Gasteiger partial charge in [0.15, 0.2) is 5.16 Å². The van der Waals surface area contributed by atoms with Crippen molar-refractivity contribution in [3.63, 3.8) is 0 Å². The smallest absolute Gasteiger partial charge is 0.302 e. The standard InChI is InChI=1S/C11H9F3N4O2S/c1-17-9(11(12,13)14)15-16-10(17)21-6-7-2-4-8(5-3-7)18(19)20/h2-5H,6H2,1H3. The Kier molecular flexibility index (Phi) is 4.16. The second kappa shape index (κ2) is 5.72. The molecule has 1 heterocycles. The van der Waals surface area contributed by atoms with E-state index < -0.39 is 16.9 Å². The molecule has 0 atom stereocenters. The number of nitrogens with zero attached hydrogens (tertiary/aromatic N) is 4. The SMILES string of the molecule is Cn1c(SCc2ccc([N+](=O)[O-])cc2)nnc1C(F)(F)F. The Morgan fingerprint density at radius 1 is 1.29 bits per heavy atom. The van der Waals surface area contributed by atoms with Gasteiger partial charge in [-0.3, -0.25) is 10.1 Å². The molecule has 1 aromatic heterocycles. The fraction of sp³-hybridized carbons (Fsp3) is 0.273. The molecule has 112 valence electrons. The lowest BCUT2D eigenvalue weighted by Gasteiger charge is -2.06. The van der Waals surface area contributed by atoms with E-state index >= 15 is 0 Å². The van der Waals surface area contributed by atoms with Crippen LogP contribution in [-0.2, 0) is 19.0 Å². The van der Waals surface area contributed by atoms with Gasteiger partial charge in [0.1, 0.15) is 0 Å². The number of hydrogen-bond donors (Lipinski definition) is 0. The van der Waals surface area contributed by atoms with E-state index in [0.717, 1.165) is 21.9 Å². The number of rotatable bonds is 4. The van der Waals surface area contributed by atoms with Gasteiger partial charge < -0.3 is 4.57 Å². The molecule has 0 aliphatic carbocycles. The van der Waals surface area contributed by atoms with Crippen molar-refractivity contribution >= 4 is 17.4 Å². The van der Waals surface area contributed by atoms with Crippen LogP contribution in [0.4, 0.5) is 18.9 Å². The third-order valence-corrected chi connectivity index (χ3v) is 3.69. The summed E-state index contributed by atoms with van der Waals surface area (Å²) in [5.74, 6) is -0.726. The molecule has 6 nitrogen and oxygen atoms in total. The van der Waals surface area contributed by atoms with Gasteiger partial charge in [-0.1, -0.05) is 23.9 Å². The lowest BCUT2D eigenvalue weighted by atomic mass is 10.2. The fourth-order valence-corrected chi connectivity index (χ4v) is 2.42. The molecule has 0 aliphatic rings. The van der Waals surface area contributed by atoms with E-state index in [1.807, 2.05) is 0 Å². The highest BCUT2D eigenvalue weighted by molar-refractivity contribution is 7.98. The first kappa shape index (κ1) is 15.3. The topological polar surface area (TPSA) is 73.8 Å². The quantitative estimate of drug-likeness (QED) is 0.492. The number of nitro benzene ring substituents is 1. The molecule has 0 radical (unpaired) electrons. The molecular weight excluding hydrogens is 309 g/mol. The Hall–Kier alpha value is -2.10. The summed E-state index contributed by atoms with van der Waals surface area (Å²) >= 11 is 1.07. The van der Waals surface area contributed by atoms with Crippen molar-refractivity contribution in [1.29, 1.82) is 0 Å². The first-order valence-electron chi connectivity index (χ1n) is 5.62. The van der Waals surface area contributed by atoms with E-state index in [9.17, 15) is 23.3 Å². The summed E-state index contributed by atoms with van der Waals surface area (Å²) in [7, 11) is 1.24.